The lowest BCUT2D eigenvalue weighted by Gasteiger charge is -2.33. The largest absolute Gasteiger partial charge is 0.341 e. The van der Waals surface area contributed by atoms with Crippen molar-refractivity contribution < 1.29 is 13.6 Å². The summed E-state index contributed by atoms with van der Waals surface area (Å²) in [6, 6.07) is -0.742. The first-order valence-corrected chi connectivity index (χ1v) is 8.51. The number of nitrogens with zero attached hydrogens (tertiary/aromatic N) is 2. The van der Waals surface area contributed by atoms with Crippen LogP contribution in [0.15, 0.2) is 0 Å². The summed E-state index contributed by atoms with van der Waals surface area (Å²) in [5, 5.41) is 3.72. The van der Waals surface area contributed by atoms with Crippen LogP contribution in [0.5, 0.6) is 0 Å². The Bertz CT molecular complexity index is 566. The molecule has 2 aliphatic rings. The maximum absolute atomic E-state index is 13.3. The summed E-state index contributed by atoms with van der Waals surface area (Å²) in [7, 11) is 0. The van der Waals surface area contributed by atoms with Gasteiger partial charge in [0.25, 0.3) is 5.92 Å². The fourth-order valence-corrected chi connectivity index (χ4v) is 4.21. The fraction of sp³-hybridized carbons (Fsp3) is 0.733. The lowest BCUT2D eigenvalue weighted by atomic mass is 9.98. The van der Waals surface area contributed by atoms with Crippen LogP contribution < -0.4 is 5.32 Å². The van der Waals surface area contributed by atoms with Gasteiger partial charge >= 0.3 is 0 Å². The number of carbonyl (C=O) groups excluding carboxylic acids is 1. The number of piperidine rings is 1. The molecule has 3 heterocycles. The van der Waals surface area contributed by atoms with E-state index in [9.17, 15) is 13.6 Å². The second-order valence-corrected chi connectivity index (χ2v) is 7.55. The van der Waals surface area contributed by atoms with Crippen molar-refractivity contribution in [2.45, 2.75) is 51.0 Å². The molecule has 0 radical (unpaired) electrons. The molecule has 0 aromatic carbocycles. The predicted octanol–water partition coefficient (Wildman–Crippen LogP) is 3.31. The van der Waals surface area contributed by atoms with Crippen LogP contribution in [0.4, 0.5) is 8.78 Å². The number of likely N-dealkylation sites (tertiary alicyclic amines) is 1. The third kappa shape index (κ3) is 4.56. The van der Waals surface area contributed by atoms with Crippen LogP contribution >= 0.6 is 36.2 Å². The summed E-state index contributed by atoms with van der Waals surface area (Å²) in [5.74, 6) is -2.72. The van der Waals surface area contributed by atoms with E-state index in [1.54, 1.807) is 16.2 Å². The standard InChI is InChI=1S/C15H21F2N3OS.2ClH/c1-9-10(2)22-13(19-9)11-4-3-5-20(7-11)14(21)12-6-15(16,17)8-18-12;;/h11-12,18H,3-8H2,1-2H3;2*1H. The Kier molecular flexibility index (Phi) is 7.41. The minimum Gasteiger partial charge on any atom is -0.341 e. The Morgan fingerprint density at radius 2 is 2.08 bits per heavy atom. The Morgan fingerprint density at radius 3 is 2.62 bits per heavy atom. The summed E-state index contributed by atoms with van der Waals surface area (Å²) in [4.78, 5) is 20.0. The number of aryl methyl sites for hydroxylation is 2. The molecular weight excluding hydrogens is 379 g/mol. The zero-order chi connectivity index (χ0) is 15.9. The average Bonchev–Trinajstić information content (AvgIpc) is 3.01. The highest BCUT2D eigenvalue weighted by Crippen LogP contribution is 2.32. The second kappa shape index (κ2) is 8.25. The van der Waals surface area contributed by atoms with Gasteiger partial charge in [0.05, 0.1) is 23.3 Å². The fourth-order valence-electron chi connectivity index (χ4n) is 3.16. The van der Waals surface area contributed by atoms with Crippen molar-refractivity contribution in [3.8, 4) is 0 Å². The van der Waals surface area contributed by atoms with Gasteiger partial charge in [0.2, 0.25) is 5.91 Å². The van der Waals surface area contributed by atoms with Crippen molar-refractivity contribution in [1.82, 2.24) is 15.2 Å². The molecule has 1 aromatic rings. The van der Waals surface area contributed by atoms with Crippen molar-refractivity contribution in [3.05, 3.63) is 15.6 Å². The number of nitrogens with one attached hydrogen (secondary N) is 1. The number of rotatable bonds is 2. The molecule has 138 valence electrons. The molecule has 1 aromatic heterocycles. The van der Waals surface area contributed by atoms with Gasteiger partial charge in [-0.1, -0.05) is 0 Å². The van der Waals surface area contributed by atoms with Crippen molar-refractivity contribution >= 4 is 42.1 Å². The van der Waals surface area contributed by atoms with Gasteiger partial charge < -0.3 is 4.90 Å². The van der Waals surface area contributed by atoms with Gasteiger partial charge in [-0.2, -0.15) is 0 Å². The molecule has 4 nitrogen and oxygen atoms in total. The first-order valence-electron chi connectivity index (χ1n) is 7.70. The first-order chi connectivity index (χ1) is 10.4. The van der Waals surface area contributed by atoms with E-state index in [1.807, 2.05) is 13.8 Å². The Balaban J connectivity index is 0.00000144. The van der Waals surface area contributed by atoms with Gasteiger partial charge in [0, 0.05) is 30.3 Å². The molecule has 2 aliphatic heterocycles. The Morgan fingerprint density at radius 1 is 1.38 bits per heavy atom. The smallest absolute Gasteiger partial charge is 0.262 e. The van der Waals surface area contributed by atoms with E-state index >= 15 is 0 Å². The van der Waals surface area contributed by atoms with E-state index in [0.717, 1.165) is 23.5 Å². The highest BCUT2D eigenvalue weighted by atomic mass is 35.5. The van der Waals surface area contributed by atoms with Crippen LogP contribution in [0.3, 0.4) is 0 Å². The summed E-state index contributed by atoms with van der Waals surface area (Å²) in [6.07, 6.45) is 1.52. The zero-order valence-electron chi connectivity index (χ0n) is 13.7. The number of amides is 1. The third-order valence-corrected chi connectivity index (χ3v) is 5.77. The van der Waals surface area contributed by atoms with Crippen LogP contribution in [-0.4, -0.2) is 47.4 Å². The summed E-state index contributed by atoms with van der Waals surface area (Å²) >= 11 is 1.68. The quantitative estimate of drug-likeness (QED) is 0.826. The van der Waals surface area contributed by atoms with Crippen LogP contribution in [-0.2, 0) is 4.79 Å². The minimum absolute atomic E-state index is 0. The number of halogens is 4. The SMILES string of the molecule is Cc1nc(C2CCCN(C(=O)C3CC(F)(F)CN3)C2)sc1C.Cl.Cl. The number of thiazole rings is 1. The molecule has 1 amide bonds. The van der Waals surface area contributed by atoms with E-state index in [0.29, 0.717) is 13.1 Å². The van der Waals surface area contributed by atoms with Crippen molar-refractivity contribution in [2.24, 2.45) is 0 Å². The summed E-state index contributed by atoms with van der Waals surface area (Å²) < 4.78 is 26.5. The second-order valence-electron chi connectivity index (χ2n) is 6.31. The van der Waals surface area contributed by atoms with E-state index in [1.165, 1.54) is 4.88 Å². The number of hydrogen-bond acceptors (Lipinski definition) is 4. The molecule has 1 N–H and O–H groups in total. The normalized spacial score (nSPS) is 25.8. The molecule has 0 aliphatic carbocycles. The maximum Gasteiger partial charge on any atom is 0.262 e. The van der Waals surface area contributed by atoms with Crippen LogP contribution in [0, 0.1) is 13.8 Å². The van der Waals surface area contributed by atoms with E-state index < -0.39 is 18.5 Å². The highest BCUT2D eigenvalue weighted by molar-refractivity contribution is 7.11. The third-order valence-electron chi connectivity index (χ3n) is 4.54. The summed E-state index contributed by atoms with van der Waals surface area (Å²) in [5.41, 5.74) is 1.04. The monoisotopic (exact) mass is 401 g/mol. The van der Waals surface area contributed by atoms with Gasteiger partial charge in [-0.3, -0.25) is 10.1 Å². The highest BCUT2D eigenvalue weighted by Gasteiger charge is 2.44. The number of aromatic nitrogens is 1. The maximum atomic E-state index is 13.3. The van der Waals surface area contributed by atoms with Gasteiger partial charge in [-0.05, 0) is 26.7 Å². The van der Waals surface area contributed by atoms with Gasteiger partial charge in [-0.15, -0.1) is 36.2 Å². The molecule has 2 unspecified atom stereocenters. The van der Waals surface area contributed by atoms with Crippen LogP contribution in [0.25, 0.3) is 0 Å². The van der Waals surface area contributed by atoms with Gasteiger partial charge in [0.1, 0.15) is 0 Å². The number of carbonyl (C=O) groups is 1. The zero-order valence-corrected chi connectivity index (χ0v) is 16.1. The van der Waals surface area contributed by atoms with Crippen LogP contribution in [0.2, 0.25) is 0 Å². The Labute approximate surface area is 157 Å². The molecule has 3 rings (SSSR count). The lowest BCUT2D eigenvalue weighted by Crippen LogP contribution is -2.47. The van der Waals surface area contributed by atoms with E-state index in [2.05, 4.69) is 10.3 Å². The van der Waals surface area contributed by atoms with Crippen LogP contribution in [0.1, 0.15) is 40.8 Å². The number of hydrogen-bond donors (Lipinski definition) is 1. The molecule has 24 heavy (non-hydrogen) atoms. The Hall–Kier alpha value is -0.500. The van der Waals surface area contributed by atoms with Crippen molar-refractivity contribution in [2.75, 3.05) is 19.6 Å². The van der Waals surface area contributed by atoms with Crippen molar-refractivity contribution in [3.63, 3.8) is 0 Å². The average molecular weight is 402 g/mol. The lowest BCUT2D eigenvalue weighted by molar-refractivity contribution is -0.134. The topological polar surface area (TPSA) is 45.2 Å². The molecule has 0 spiro atoms. The van der Waals surface area contributed by atoms with E-state index in [-0.39, 0.29) is 43.1 Å². The molecular formula is C15H23Cl2F2N3OS. The molecule has 2 atom stereocenters. The molecule has 2 saturated heterocycles. The minimum atomic E-state index is -2.76. The van der Waals surface area contributed by atoms with E-state index in [4.69, 9.17) is 0 Å². The van der Waals surface area contributed by atoms with Gasteiger partial charge in [0.15, 0.2) is 0 Å². The molecule has 9 heteroatoms. The van der Waals surface area contributed by atoms with Gasteiger partial charge in [-0.25, -0.2) is 13.8 Å². The van der Waals surface area contributed by atoms with Crippen molar-refractivity contribution in [1.29, 1.82) is 0 Å². The molecule has 0 bridgehead atoms. The number of alkyl halides is 2. The predicted molar refractivity (Wildman–Crippen MR) is 96.0 cm³/mol. The molecule has 2 fully saturated rings. The summed E-state index contributed by atoms with van der Waals surface area (Å²) in [6.45, 7) is 4.89. The molecule has 0 saturated carbocycles. The first kappa shape index (κ1) is 21.5.